The zero-order valence-corrected chi connectivity index (χ0v) is 10.2. The molecule has 1 aliphatic rings. The highest BCUT2D eigenvalue weighted by atomic mass is 19.3. The molecule has 1 heterocycles. The molecule has 6 heteroatoms. The van der Waals surface area contributed by atoms with Gasteiger partial charge in [0.05, 0.1) is 12.0 Å². The zero-order chi connectivity index (χ0) is 14.2. The number of hydrogen-bond acceptors (Lipinski definition) is 2. The maximum atomic E-state index is 12.7. The normalized spacial score (nSPS) is 23.2. The van der Waals surface area contributed by atoms with Gasteiger partial charge in [0.25, 0.3) is 6.43 Å². The fourth-order valence-corrected chi connectivity index (χ4v) is 2.43. The number of amides is 1. The number of halogens is 2. The number of benzene rings is 1. The number of nitrogens with zero attached hydrogens (tertiary/aromatic N) is 1. The van der Waals surface area contributed by atoms with Crippen LogP contribution in [0.2, 0.25) is 0 Å². The van der Waals surface area contributed by atoms with Crippen LogP contribution in [0, 0.1) is 5.92 Å². The van der Waals surface area contributed by atoms with Crippen LogP contribution in [0.25, 0.3) is 0 Å². The minimum atomic E-state index is -2.62. The summed E-state index contributed by atoms with van der Waals surface area (Å²) in [5.41, 5.74) is 0.257. The smallest absolute Gasteiger partial charge is 0.309 e. The monoisotopic (exact) mass is 269 g/mol. The summed E-state index contributed by atoms with van der Waals surface area (Å²) in [5.74, 6) is -2.28. The predicted molar refractivity (Wildman–Crippen MR) is 62.7 cm³/mol. The number of alkyl halides is 2. The topological polar surface area (TPSA) is 57.6 Å². The average molecular weight is 269 g/mol. The highest BCUT2D eigenvalue weighted by Gasteiger charge is 2.42. The fraction of sp³-hybridized carbons (Fsp3) is 0.385. The quantitative estimate of drug-likeness (QED) is 0.915. The summed E-state index contributed by atoms with van der Waals surface area (Å²) in [4.78, 5) is 24.1. The van der Waals surface area contributed by atoms with Crippen LogP contribution in [0.5, 0.6) is 0 Å². The number of rotatable bonds is 3. The van der Waals surface area contributed by atoms with Crippen molar-refractivity contribution in [2.24, 2.45) is 5.92 Å². The largest absolute Gasteiger partial charge is 0.481 e. The van der Waals surface area contributed by atoms with Gasteiger partial charge in [0.2, 0.25) is 5.91 Å². The Kier molecular flexibility index (Phi) is 3.50. The van der Waals surface area contributed by atoms with Gasteiger partial charge in [-0.3, -0.25) is 9.59 Å². The number of carboxylic acids is 1. The molecule has 2 atom stereocenters. The Bertz CT molecular complexity index is 518. The van der Waals surface area contributed by atoms with Crippen molar-refractivity contribution in [2.45, 2.75) is 18.9 Å². The Balaban J connectivity index is 2.40. The molecule has 19 heavy (non-hydrogen) atoms. The summed E-state index contributed by atoms with van der Waals surface area (Å²) in [6.07, 6.45) is -2.72. The molecule has 1 amide bonds. The van der Waals surface area contributed by atoms with Crippen molar-refractivity contribution in [1.82, 2.24) is 4.90 Å². The molecular formula is C13H13F2NO3. The molecule has 0 aromatic heterocycles. The third-order valence-electron chi connectivity index (χ3n) is 3.41. The first-order valence-electron chi connectivity index (χ1n) is 5.78. The highest BCUT2D eigenvalue weighted by Crippen LogP contribution is 2.38. The summed E-state index contributed by atoms with van der Waals surface area (Å²) in [7, 11) is 1.49. The molecule has 1 aromatic rings. The van der Waals surface area contributed by atoms with Crippen LogP contribution in [0.4, 0.5) is 8.78 Å². The molecule has 1 N–H and O–H groups in total. The van der Waals surface area contributed by atoms with Gasteiger partial charge in [0.15, 0.2) is 0 Å². The van der Waals surface area contributed by atoms with Gasteiger partial charge >= 0.3 is 5.97 Å². The second-order valence-corrected chi connectivity index (χ2v) is 4.57. The van der Waals surface area contributed by atoms with E-state index in [2.05, 4.69) is 0 Å². The molecule has 0 spiro atoms. The van der Waals surface area contributed by atoms with E-state index in [0.717, 1.165) is 0 Å². The first-order valence-corrected chi connectivity index (χ1v) is 5.78. The summed E-state index contributed by atoms with van der Waals surface area (Å²) in [6.45, 7) is 0. The Morgan fingerprint density at radius 2 is 2.16 bits per heavy atom. The van der Waals surface area contributed by atoms with Crippen LogP contribution in [0.1, 0.15) is 30.0 Å². The van der Waals surface area contributed by atoms with Crippen LogP contribution in [-0.4, -0.2) is 28.9 Å². The maximum Gasteiger partial charge on any atom is 0.309 e. The molecule has 1 aromatic carbocycles. The van der Waals surface area contributed by atoms with E-state index in [4.69, 9.17) is 5.11 Å². The van der Waals surface area contributed by atoms with E-state index in [1.165, 1.54) is 30.1 Å². The van der Waals surface area contributed by atoms with Crippen molar-refractivity contribution in [3.05, 3.63) is 35.4 Å². The second kappa shape index (κ2) is 4.95. The molecule has 2 rings (SSSR count). The van der Waals surface area contributed by atoms with E-state index >= 15 is 0 Å². The molecular weight excluding hydrogens is 256 g/mol. The Labute approximate surface area is 108 Å². The van der Waals surface area contributed by atoms with Crippen LogP contribution in [0.15, 0.2) is 24.3 Å². The van der Waals surface area contributed by atoms with E-state index < -0.39 is 24.4 Å². The summed E-state index contributed by atoms with van der Waals surface area (Å²) in [6, 6.07) is 4.87. The lowest BCUT2D eigenvalue weighted by Gasteiger charge is -2.23. The van der Waals surface area contributed by atoms with Crippen molar-refractivity contribution in [2.75, 3.05) is 7.05 Å². The molecule has 1 aliphatic heterocycles. The third-order valence-corrected chi connectivity index (χ3v) is 3.41. The number of aliphatic carboxylic acids is 1. The molecule has 102 valence electrons. The minimum absolute atomic E-state index is 0.102. The number of carboxylic acid groups (broad SMARTS) is 1. The van der Waals surface area contributed by atoms with Gasteiger partial charge in [-0.05, 0) is 11.6 Å². The van der Waals surface area contributed by atoms with Crippen LogP contribution in [-0.2, 0) is 9.59 Å². The molecule has 1 saturated heterocycles. The Morgan fingerprint density at radius 1 is 1.47 bits per heavy atom. The van der Waals surface area contributed by atoms with Crippen molar-refractivity contribution in [3.8, 4) is 0 Å². The van der Waals surface area contributed by atoms with Gasteiger partial charge in [-0.25, -0.2) is 8.78 Å². The number of carbonyl (C=O) groups excluding carboxylic acids is 1. The fourth-order valence-electron chi connectivity index (χ4n) is 2.43. The van der Waals surface area contributed by atoms with E-state index in [-0.39, 0.29) is 17.9 Å². The van der Waals surface area contributed by atoms with Crippen molar-refractivity contribution in [1.29, 1.82) is 0 Å². The second-order valence-electron chi connectivity index (χ2n) is 4.57. The van der Waals surface area contributed by atoms with Gasteiger partial charge in [-0.15, -0.1) is 0 Å². The lowest BCUT2D eigenvalue weighted by molar-refractivity contribution is -0.142. The molecule has 0 radical (unpaired) electrons. The third kappa shape index (κ3) is 2.43. The first kappa shape index (κ1) is 13.5. The van der Waals surface area contributed by atoms with Gasteiger partial charge in [0, 0.05) is 19.0 Å². The molecule has 0 aliphatic carbocycles. The lowest BCUT2D eigenvalue weighted by atomic mass is 9.93. The molecule has 0 bridgehead atoms. The average Bonchev–Trinajstić information content (AvgIpc) is 2.66. The van der Waals surface area contributed by atoms with Crippen LogP contribution in [0.3, 0.4) is 0 Å². The number of likely N-dealkylation sites (tertiary alicyclic amines) is 1. The standard InChI is InChI=1S/C13H13F2NO3/c1-16-10(17)6-9(13(18)19)11(16)7-3-2-4-8(5-7)12(14)15/h2-5,9,11-12H,6H2,1H3,(H,18,19). The van der Waals surface area contributed by atoms with Gasteiger partial charge in [-0.1, -0.05) is 18.2 Å². The van der Waals surface area contributed by atoms with Crippen molar-refractivity contribution in [3.63, 3.8) is 0 Å². The van der Waals surface area contributed by atoms with E-state index in [1.54, 1.807) is 6.07 Å². The summed E-state index contributed by atoms with van der Waals surface area (Å²) >= 11 is 0. The first-order chi connectivity index (χ1) is 8.91. The minimum Gasteiger partial charge on any atom is -0.481 e. The van der Waals surface area contributed by atoms with Crippen molar-refractivity contribution >= 4 is 11.9 Å². The van der Waals surface area contributed by atoms with E-state index in [0.29, 0.717) is 5.56 Å². The SMILES string of the molecule is CN1C(=O)CC(C(=O)O)C1c1cccc(C(F)F)c1. The van der Waals surface area contributed by atoms with E-state index in [9.17, 15) is 18.4 Å². The zero-order valence-electron chi connectivity index (χ0n) is 10.2. The van der Waals surface area contributed by atoms with Crippen LogP contribution < -0.4 is 0 Å². The van der Waals surface area contributed by atoms with E-state index in [1.807, 2.05) is 0 Å². The van der Waals surface area contributed by atoms with Gasteiger partial charge < -0.3 is 10.0 Å². The molecule has 4 nitrogen and oxygen atoms in total. The Hall–Kier alpha value is -1.98. The molecule has 2 unspecified atom stereocenters. The molecule has 1 fully saturated rings. The Morgan fingerprint density at radius 3 is 2.74 bits per heavy atom. The van der Waals surface area contributed by atoms with Crippen molar-refractivity contribution < 1.29 is 23.5 Å². The number of hydrogen-bond donors (Lipinski definition) is 1. The van der Waals surface area contributed by atoms with Gasteiger partial charge in [0.1, 0.15) is 0 Å². The number of carbonyl (C=O) groups is 2. The summed E-state index contributed by atoms with van der Waals surface area (Å²) in [5, 5.41) is 9.13. The lowest BCUT2D eigenvalue weighted by Crippen LogP contribution is -2.26. The highest BCUT2D eigenvalue weighted by molar-refractivity contribution is 5.87. The molecule has 0 saturated carbocycles. The summed E-state index contributed by atoms with van der Waals surface area (Å²) < 4.78 is 25.3. The maximum absolute atomic E-state index is 12.7. The predicted octanol–water partition coefficient (Wildman–Crippen LogP) is 2.23. The van der Waals surface area contributed by atoms with Crippen LogP contribution >= 0.6 is 0 Å². The van der Waals surface area contributed by atoms with Gasteiger partial charge in [-0.2, -0.15) is 0 Å².